The molecule has 1 aromatic carbocycles. The van der Waals surface area contributed by atoms with Crippen molar-refractivity contribution in [1.82, 2.24) is 4.90 Å². The van der Waals surface area contributed by atoms with Crippen LogP contribution in [-0.2, 0) is 9.53 Å². The van der Waals surface area contributed by atoms with Crippen LogP contribution in [-0.4, -0.2) is 37.4 Å². The van der Waals surface area contributed by atoms with Gasteiger partial charge in [-0.1, -0.05) is 24.3 Å². The van der Waals surface area contributed by atoms with Crippen molar-refractivity contribution in [1.29, 1.82) is 0 Å². The molecule has 0 aromatic heterocycles. The molecule has 0 aliphatic heterocycles. The molecule has 1 aromatic rings. The highest BCUT2D eigenvalue weighted by atomic mass is 16.5. The first kappa shape index (κ1) is 19.2. The van der Waals surface area contributed by atoms with Crippen molar-refractivity contribution in [2.45, 2.75) is 44.9 Å². The number of hydrogen-bond acceptors (Lipinski definition) is 4. The first-order valence-corrected chi connectivity index (χ1v) is 9.14. The summed E-state index contributed by atoms with van der Waals surface area (Å²) in [6.07, 6.45) is 8.23. The number of nitrogens with zero attached hydrogens (tertiary/aromatic N) is 1. The molecule has 1 fully saturated rings. The maximum absolute atomic E-state index is 12.1. The fourth-order valence-electron chi connectivity index (χ4n) is 3.39. The van der Waals surface area contributed by atoms with Gasteiger partial charge in [-0.25, -0.2) is 0 Å². The third-order valence-corrected chi connectivity index (χ3v) is 4.80. The summed E-state index contributed by atoms with van der Waals surface area (Å²) in [5.41, 5.74) is 2.01. The number of carbonyl (C=O) groups is 2. The summed E-state index contributed by atoms with van der Waals surface area (Å²) >= 11 is 0. The van der Waals surface area contributed by atoms with Crippen LogP contribution in [0.1, 0.15) is 60.9 Å². The van der Waals surface area contributed by atoms with Crippen molar-refractivity contribution >= 4 is 11.8 Å². The SMILES string of the molecule is CCOC(=O)CC1CCC(c2ccc(C(=O)C=CN(C)C)cc2)CC1. The highest BCUT2D eigenvalue weighted by Crippen LogP contribution is 2.37. The van der Waals surface area contributed by atoms with Gasteiger partial charge >= 0.3 is 5.97 Å². The van der Waals surface area contributed by atoms with Crippen LogP contribution in [0.15, 0.2) is 36.5 Å². The van der Waals surface area contributed by atoms with Crippen molar-refractivity contribution in [3.05, 3.63) is 47.7 Å². The Kier molecular flexibility index (Phi) is 7.23. The fourth-order valence-corrected chi connectivity index (χ4v) is 3.39. The molecule has 0 heterocycles. The van der Waals surface area contributed by atoms with Gasteiger partial charge in [-0.2, -0.15) is 0 Å². The van der Waals surface area contributed by atoms with Crippen LogP contribution in [0.3, 0.4) is 0 Å². The summed E-state index contributed by atoms with van der Waals surface area (Å²) in [5.74, 6) is 0.935. The summed E-state index contributed by atoms with van der Waals surface area (Å²) in [5, 5.41) is 0. The summed E-state index contributed by atoms with van der Waals surface area (Å²) in [6, 6.07) is 7.99. The number of carbonyl (C=O) groups excluding carboxylic acids is 2. The predicted octanol–water partition coefficient (Wildman–Crippen LogP) is 4.17. The normalized spacial score (nSPS) is 20.4. The van der Waals surface area contributed by atoms with Crippen LogP contribution < -0.4 is 0 Å². The van der Waals surface area contributed by atoms with Crippen LogP contribution in [0.4, 0.5) is 0 Å². The van der Waals surface area contributed by atoms with E-state index in [0.29, 0.717) is 24.9 Å². The highest BCUT2D eigenvalue weighted by molar-refractivity contribution is 6.04. The average Bonchev–Trinajstić information content (AvgIpc) is 2.60. The van der Waals surface area contributed by atoms with Crippen molar-refractivity contribution in [2.75, 3.05) is 20.7 Å². The molecule has 1 aliphatic carbocycles. The van der Waals surface area contributed by atoms with Crippen LogP contribution in [0.25, 0.3) is 0 Å². The molecule has 0 amide bonds. The van der Waals surface area contributed by atoms with E-state index in [4.69, 9.17) is 4.74 Å². The van der Waals surface area contributed by atoms with Gasteiger partial charge in [0.25, 0.3) is 0 Å². The third kappa shape index (κ3) is 6.04. The van der Waals surface area contributed by atoms with E-state index in [0.717, 1.165) is 31.2 Å². The van der Waals surface area contributed by atoms with E-state index in [-0.39, 0.29) is 11.8 Å². The van der Waals surface area contributed by atoms with Crippen LogP contribution in [0.5, 0.6) is 0 Å². The Bertz CT molecular complexity index is 596. The molecule has 0 radical (unpaired) electrons. The Labute approximate surface area is 150 Å². The zero-order chi connectivity index (χ0) is 18.2. The topological polar surface area (TPSA) is 46.6 Å². The lowest BCUT2D eigenvalue weighted by atomic mass is 9.77. The minimum absolute atomic E-state index is 0.0263. The molecule has 0 unspecified atom stereocenters. The molecular formula is C21H29NO3. The summed E-state index contributed by atoms with van der Waals surface area (Å²) in [4.78, 5) is 25.5. The smallest absolute Gasteiger partial charge is 0.306 e. The molecule has 25 heavy (non-hydrogen) atoms. The molecule has 136 valence electrons. The van der Waals surface area contributed by atoms with Crippen LogP contribution in [0, 0.1) is 5.92 Å². The van der Waals surface area contributed by atoms with E-state index < -0.39 is 0 Å². The van der Waals surface area contributed by atoms with Gasteiger partial charge in [0, 0.05) is 38.4 Å². The van der Waals surface area contributed by atoms with Crippen LogP contribution >= 0.6 is 0 Å². The van der Waals surface area contributed by atoms with Crippen molar-refractivity contribution in [2.24, 2.45) is 5.92 Å². The van der Waals surface area contributed by atoms with Gasteiger partial charge in [-0.05, 0) is 50.0 Å². The molecule has 0 saturated heterocycles. The molecule has 2 rings (SSSR count). The monoisotopic (exact) mass is 343 g/mol. The van der Waals surface area contributed by atoms with E-state index >= 15 is 0 Å². The Hall–Kier alpha value is -2.10. The van der Waals surface area contributed by atoms with Crippen molar-refractivity contribution < 1.29 is 14.3 Å². The van der Waals surface area contributed by atoms with E-state index in [9.17, 15) is 9.59 Å². The average molecular weight is 343 g/mol. The zero-order valence-corrected chi connectivity index (χ0v) is 15.5. The number of ketones is 1. The molecule has 0 spiro atoms. The lowest BCUT2D eigenvalue weighted by molar-refractivity contribution is -0.144. The molecule has 0 N–H and O–H groups in total. The van der Waals surface area contributed by atoms with Gasteiger partial charge in [0.2, 0.25) is 0 Å². The minimum atomic E-state index is -0.0698. The Balaban J connectivity index is 1.87. The predicted molar refractivity (Wildman–Crippen MR) is 99.5 cm³/mol. The number of rotatable bonds is 7. The second-order valence-electron chi connectivity index (χ2n) is 6.99. The lowest BCUT2D eigenvalue weighted by Gasteiger charge is -2.28. The Morgan fingerprint density at radius 1 is 1.12 bits per heavy atom. The maximum atomic E-state index is 12.1. The van der Waals surface area contributed by atoms with Crippen molar-refractivity contribution in [3.8, 4) is 0 Å². The van der Waals surface area contributed by atoms with Crippen molar-refractivity contribution in [3.63, 3.8) is 0 Å². The van der Waals surface area contributed by atoms with Crippen LogP contribution in [0.2, 0.25) is 0 Å². The third-order valence-electron chi connectivity index (χ3n) is 4.80. The number of benzene rings is 1. The minimum Gasteiger partial charge on any atom is -0.466 e. The molecule has 4 heteroatoms. The van der Waals surface area contributed by atoms with Gasteiger partial charge in [-0.3, -0.25) is 9.59 Å². The van der Waals surface area contributed by atoms with Gasteiger partial charge < -0.3 is 9.64 Å². The van der Waals surface area contributed by atoms with E-state index in [1.165, 1.54) is 5.56 Å². The largest absolute Gasteiger partial charge is 0.466 e. The quantitative estimate of drug-likeness (QED) is 0.423. The highest BCUT2D eigenvalue weighted by Gasteiger charge is 2.24. The van der Waals surface area contributed by atoms with E-state index in [1.54, 1.807) is 12.3 Å². The molecule has 1 saturated carbocycles. The van der Waals surface area contributed by atoms with E-state index in [2.05, 4.69) is 12.1 Å². The first-order valence-electron chi connectivity index (χ1n) is 9.14. The zero-order valence-electron chi connectivity index (χ0n) is 15.5. The molecular weight excluding hydrogens is 314 g/mol. The fraction of sp³-hybridized carbons (Fsp3) is 0.524. The second-order valence-corrected chi connectivity index (χ2v) is 6.99. The maximum Gasteiger partial charge on any atom is 0.306 e. The Morgan fingerprint density at radius 3 is 2.32 bits per heavy atom. The number of allylic oxidation sites excluding steroid dienone is 1. The van der Waals surface area contributed by atoms with Gasteiger partial charge in [0.05, 0.1) is 6.61 Å². The standard InChI is InChI=1S/C21H29NO3/c1-4-25-21(24)15-16-5-7-17(8-6-16)18-9-11-19(12-10-18)20(23)13-14-22(2)3/h9-14,16-17H,4-8,15H2,1-3H3. The summed E-state index contributed by atoms with van der Waals surface area (Å²) in [6.45, 7) is 2.31. The summed E-state index contributed by atoms with van der Waals surface area (Å²) < 4.78 is 5.05. The lowest BCUT2D eigenvalue weighted by Crippen LogP contribution is -2.18. The van der Waals surface area contributed by atoms with Gasteiger partial charge in [-0.15, -0.1) is 0 Å². The van der Waals surface area contributed by atoms with E-state index in [1.807, 2.05) is 38.1 Å². The number of esters is 1. The molecule has 0 atom stereocenters. The molecule has 4 nitrogen and oxygen atoms in total. The molecule has 0 bridgehead atoms. The summed E-state index contributed by atoms with van der Waals surface area (Å²) in [7, 11) is 3.79. The Morgan fingerprint density at radius 2 is 1.76 bits per heavy atom. The second kappa shape index (κ2) is 9.40. The number of hydrogen-bond donors (Lipinski definition) is 0. The first-order chi connectivity index (χ1) is 12.0. The van der Waals surface area contributed by atoms with Gasteiger partial charge in [0.15, 0.2) is 5.78 Å². The van der Waals surface area contributed by atoms with Gasteiger partial charge in [0.1, 0.15) is 0 Å². The molecule has 1 aliphatic rings. The number of ether oxygens (including phenoxy) is 1.